The Hall–Kier alpha value is -1.97. The van der Waals surface area contributed by atoms with Crippen molar-refractivity contribution in [1.29, 1.82) is 0 Å². The average molecular weight is 229 g/mol. The van der Waals surface area contributed by atoms with Crippen molar-refractivity contribution in [1.82, 2.24) is 14.8 Å². The maximum atomic E-state index is 12.0. The molecule has 17 heavy (non-hydrogen) atoms. The first-order valence-corrected chi connectivity index (χ1v) is 5.65. The normalized spacial score (nSPS) is 10.5. The highest BCUT2D eigenvalue weighted by Gasteiger charge is 2.11. The van der Waals surface area contributed by atoms with E-state index in [0.29, 0.717) is 12.0 Å². The van der Waals surface area contributed by atoms with Crippen molar-refractivity contribution in [3.63, 3.8) is 0 Å². The van der Waals surface area contributed by atoms with E-state index >= 15 is 0 Å². The Bertz CT molecular complexity index is 517. The fourth-order valence-electron chi connectivity index (χ4n) is 1.70. The summed E-state index contributed by atoms with van der Waals surface area (Å²) in [5.41, 5.74) is 2.60. The summed E-state index contributed by atoms with van der Waals surface area (Å²) in [5.74, 6) is 0.0729. The Morgan fingerprint density at radius 3 is 2.88 bits per heavy atom. The molecule has 0 radical (unpaired) electrons. The van der Waals surface area contributed by atoms with E-state index in [-0.39, 0.29) is 5.78 Å². The minimum atomic E-state index is 0.0729. The van der Waals surface area contributed by atoms with Crippen LogP contribution in [-0.2, 0) is 19.9 Å². The second-order valence-electron chi connectivity index (χ2n) is 3.95. The molecule has 0 aliphatic carbocycles. The Morgan fingerprint density at radius 2 is 2.29 bits per heavy atom. The van der Waals surface area contributed by atoms with E-state index < -0.39 is 0 Å². The first kappa shape index (κ1) is 11.5. The highest BCUT2D eigenvalue weighted by atomic mass is 16.1. The number of aryl methyl sites for hydroxylation is 2. The number of hydrogen-bond donors (Lipinski definition) is 0. The van der Waals surface area contributed by atoms with Crippen molar-refractivity contribution in [3.05, 3.63) is 47.5 Å². The lowest BCUT2D eigenvalue weighted by molar-refractivity contribution is 0.0990. The molecule has 0 saturated heterocycles. The Kier molecular flexibility index (Phi) is 3.32. The van der Waals surface area contributed by atoms with Crippen LogP contribution >= 0.6 is 0 Å². The van der Waals surface area contributed by atoms with Crippen molar-refractivity contribution in [2.75, 3.05) is 0 Å². The quantitative estimate of drug-likeness (QED) is 0.751. The number of rotatable bonds is 4. The highest BCUT2D eigenvalue weighted by molar-refractivity contribution is 5.96. The summed E-state index contributed by atoms with van der Waals surface area (Å²) in [6.45, 7) is 2.05. The van der Waals surface area contributed by atoms with Crippen molar-refractivity contribution in [2.45, 2.75) is 19.8 Å². The van der Waals surface area contributed by atoms with Crippen LogP contribution in [0.2, 0.25) is 0 Å². The number of pyridine rings is 1. The predicted molar refractivity (Wildman–Crippen MR) is 64.9 cm³/mol. The molecule has 0 spiro atoms. The summed E-state index contributed by atoms with van der Waals surface area (Å²) in [7, 11) is 1.87. The van der Waals surface area contributed by atoms with Gasteiger partial charge in [-0.05, 0) is 24.6 Å². The highest BCUT2D eigenvalue weighted by Crippen LogP contribution is 2.08. The molecule has 0 aliphatic rings. The van der Waals surface area contributed by atoms with Crippen molar-refractivity contribution in [3.8, 4) is 0 Å². The molecule has 0 amide bonds. The fraction of sp³-hybridized carbons (Fsp3) is 0.308. The summed E-state index contributed by atoms with van der Waals surface area (Å²) >= 11 is 0. The third-order valence-electron chi connectivity index (χ3n) is 2.71. The van der Waals surface area contributed by atoms with E-state index in [1.807, 2.05) is 13.1 Å². The zero-order valence-corrected chi connectivity index (χ0v) is 10.1. The van der Waals surface area contributed by atoms with Crippen LogP contribution in [0.25, 0.3) is 0 Å². The van der Waals surface area contributed by atoms with Gasteiger partial charge in [0, 0.05) is 30.7 Å². The summed E-state index contributed by atoms with van der Waals surface area (Å²) in [6.07, 6.45) is 4.51. The molecule has 0 atom stereocenters. The standard InChI is InChI=1S/C13H15N3O/c1-3-11-7-12(16(2)15-11)8-13(17)10-5-4-6-14-9-10/h4-7,9H,3,8H2,1-2H3. The largest absolute Gasteiger partial charge is 0.294 e. The number of carbonyl (C=O) groups excluding carboxylic acids is 1. The first-order chi connectivity index (χ1) is 8.20. The van der Waals surface area contributed by atoms with Gasteiger partial charge in [0.05, 0.1) is 12.1 Å². The molecule has 0 fully saturated rings. The van der Waals surface area contributed by atoms with Crippen LogP contribution < -0.4 is 0 Å². The summed E-state index contributed by atoms with van der Waals surface area (Å²) in [6, 6.07) is 5.54. The molecular formula is C13H15N3O. The Balaban J connectivity index is 2.16. The molecular weight excluding hydrogens is 214 g/mol. The van der Waals surface area contributed by atoms with Gasteiger partial charge in [0.1, 0.15) is 0 Å². The van der Waals surface area contributed by atoms with Gasteiger partial charge in [-0.15, -0.1) is 0 Å². The number of Topliss-reactive ketones (excluding diaryl/α,β-unsaturated/α-hetero) is 1. The van der Waals surface area contributed by atoms with E-state index in [1.54, 1.807) is 29.2 Å². The number of aromatic nitrogens is 3. The zero-order valence-electron chi connectivity index (χ0n) is 10.1. The molecule has 4 heteroatoms. The SMILES string of the molecule is CCc1cc(CC(=O)c2cccnc2)n(C)n1. The molecule has 0 unspecified atom stereocenters. The first-order valence-electron chi connectivity index (χ1n) is 5.65. The molecule has 0 aliphatic heterocycles. The second-order valence-corrected chi connectivity index (χ2v) is 3.95. The van der Waals surface area contributed by atoms with E-state index in [2.05, 4.69) is 17.0 Å². The molecule has 4 nitrogen and oxygen atoms in total. The van der Waals surface area contributed by atoms with Gasteiger partial charge in [0.15, 0.2) is 5.78 Å². The zero-order chi connectivity index (χ0) is 12.3. The van der Waals surface area contributed by atoms with Crippen molar-refractivity contribution < 1.29 is 4.79 Å². The van der Waals surface area contributed by atoms with Gasteiger partial charge in [-0.1, -0.05) is 6.92 Å². The lowest BCUT2D eigenvalue weighted by Crippen LogP contribution is -2.08. The topological polar surface area (TPSA) is 47.8 Å². The Labute approximate surface area is 100 Å². The number of hydrogen-bond acceptors (Lipinski definition) is 3. The van der Waals surface area contributed by atoms with Gasteiger partial charge < -0.3 is 0 Å². The van der Waals surface area contributed by atoms with E-state index in [1.165, 1.54) is 0 Å². The summed E-state index contributed by atoms with van der Waals surface area (Å²) < 4.78 is 1.77. The average Bonchev–Trinajstić information content (AvgIpc) is 2.71. The van der Waals surface area contributed by atoms with Crippen molar-refractivity contribution in [2.24, 2.45) is 7.05 Å². The maximum absolute atomic E-state index is 12.0. The van der Waals surface area contributed by atoms with Gasteiger partial charge in [0.25, 0.3) is 0 Å². The van der Waals surface area contributed by atoms with Crippen LogP contribution in [-0.4, -0.2) is 20.5 Å². The second kappa shape index (κ2) is 4.91. The minimum Gasteiger partial charge on any atom is -0.294 e. The Morgan fingerprint density at radius 1 is 1.47 bits per heavy atom. The van der Waals surface area contributed by atoms with Gasteiger partial charge in [0.2, 0.25) is 0 Å². The molecule has 0 bridgehead atoms. The third-order valence-corrected chi connectivity index (χ3v) is 2.71. The van der Waals surface area contributed by atoms with E-state index in [9.17, 15) is 4.79 Å². The maximum Gasteiger partial charge on any atom is 0.170 e. The van der Waals surface area contributed by atoms with E-state index in [0.717, 1.165) is 17.8 Å². The lowest BCUT2D eigenvalue weighted by atomic mass is 10.1. The van der Waals surface area contributed by atoms with E-state index in [4.69, 9.17) is 0 Å². The fourth-order valence-corrected chi connectivity index (χ4v) is 1.70. The van der Waals surface area contributed by atoms with Crippen LogP contribution in [0.1, 0.15) is 28.7 Å². The van der Waals surface area contributed by atoms with Gasteiger partial charge in [-0.3, -0.25) is 14.5 Å². The molecule has 88 valence electrons. The van der Waals surface area contributed by atoms with Crippen LogP contribution in [0, 0.1) is 0 Å². The van der Waals surface area contributed by atoms with Crippen LogP contribution in [0.15, 0.2) is 30.6 Å². The molecule has 2 heterocycles. The predicted octanol–water partition coefficient (Wildman–Crippen LogP) is 1.80. The number of nitrogens with zero attached hydrogens (tertiary/aromatic N) is 3. The number of ketones is 1. The lowest BCUT2D eigenvalue weighted by Gasteiger charge is -2.00. The summed E-state index contributed by atoms with van der Waals surface area (Å²) in [5, 5.41) is 4.32. The van der Waals surface area contributed by atoms with Crippen LogP contribution in [0.4, 0.5) is 0 Å². The molecule has 2 aromatic heterocycles. The van der Waals surface area contributed by atoms with Gasteiger partial charge in [-0.25, -0.2) is 0 Å². The van der Waals surface area contributed by atoms with Gasteiger partial charge in [-0.2, -0.15) is 5.10 Å². The smallest absolute Gasteiger partial charge is 0.170 e. The van der Waals surface area contributed by atoms with Gasteiger partial charge >= 0.3 is 0 Å². The monoisotopic (exact) mass is 229 g/mol. The molecule has 2 aromatic rings. The summed E-state index contributed by atoms with van der Waals surface area (Å²) in [4.78, 5) is 15.9. The minimum absolute atomic E-state index is 0.0729. The molecule has 0 saturated carbocycles. The van der Waals surface area contributed by atoms with Crippen molar-refractivity contribution >= 4 is 5.78 Å². The third kappa shape index (κ3) is 2.58. The van der Waals surface area contributed by atoms with Crippen LogP contribution in [0.3, 0.4) is 0 Å². The number of carbonyl (C=O) groups is 1. The molecule has 2 rings (SSSR count). The molecule has 0 N–H and O–H groups in total. The molecule has 0 aromatic carbocycles. The van der Waals surface area contributed by atoms with Crippen LogP contribution in [0.5, 0.6) is 0 Å².